The monoisotopic (exact) mass is 224 g/mol. The highest BCUT2D eigenvalue weighted by molar-refractivity contribution is 5.88. The Bertz CT molecular complexity index is 411. The summed E-state index contributed by atoms with van der Waals surface area (Å²) in [6.45, 7) is 0. The number of aromatic carboxylic acids is 1. The molecule has 1 aromatic carbocycles. The lowest BCUT2D eigenvalue weighted by atomic mass is 10.1. The van der Waals surface area contributed by atoms with Gasteiger partial charge in [-0.25, -0.2) is 9.18 Å². The summed E-state index contributed by atoms with van der Waals surface area (Å²) in [4.78, 5) is 10.3. The molecule has 0 bridgehead atoms. The fraction of sp³-hybridized carbons (Fsp3) is 0.125. The third-order valence-corrected chi connectivity index (χ3v) is 1.62. The number of hydrogen-bond acceptors (Lipinski definition) is 2. The van der Waals surface area contributed by atoms with Crippen molar-refractivity contribution in [3.8, 4) is 5.75 Å². The van der Waals surface area contributed by atoms with E-state index in [1.807, 2.05) is 0 Å². The second kappa shape index (κ2) is 3.41. The van der Waals surface area contributed by atoms with Crippen LogP contribution in [-0.4, -0.2) is 16.2 Å². The zero-order chi connectivity index (χ0) is 11.8. The zero-order valence-corrected chi connectivity index (χ0v) is 6.97. The van der Waals surface area contributed by atoms with Gasteiger partial charge in [-0.15, -0.1) is 0 Å². The van der Waals surface area contributed by atoms with Crippen molar-refractivity contribution in [2.75, 3.05) is 0 Å². The minimum atomic E-state index is -5.00. The third-order valence-electron chi connectivity index (χ3n) is 1.62. The van der Waals surface area contributed by atoms with E-state index in [2.05, 4.69) is 0 Å². The van der Waals surface area contributed by atoms with E-state index in [0.717, 1.165) is 0 Å². The normalized spacial score (nSPS) is 11.5. The van der Waals surface area contributed by atoms with Crippen molar-refractivity contribution in [2.24, 2.45) is 0 Å². The lowest BCUT2D eigenvalue weighted by Crippen LogP contribution is -2.09. The van der Waals surface area contributed by atoms with E-state index in [-0.39, 0.29) is 6.07 Å². The fourth-order valence-electron chi connectivity index (χ4n) is 0.939. The quantitative estimate of drug-likeness (QED) is 0.719. The van der Waals surface area contributed by atoms with Gasteiger partial charge in [0.05, 0.1) is 5.56 Å². The zero-order valence-electron chi connectivity index (χ0n) is 6.97. The molecule has 2 N–H and O–H groups in total. The number of hydrogen-bond donors (Lipinski definition) is 2. The van der Waals surface area contributed by atoms with Gasteiger partial charge in [-0.3, -0.25) is 0 Å². The second-order valence-electron chi connectivity index (χ2n) is 2.66. The number of aromatic hydroxyl groups is 1. The Hall–Kier alpha value is -1.79. The number of phenolic OH excluding ortho intramolecular Hbond substituents is 1. The molecule has 0 aliphatic carbocycles. The van der Waals surface area contributed by atoms with Crippen LogP contribution >= 0.6 is 0 Å². The topological polar surface area (TPSA) is 57.5 Å². The minimum Gasteiger partial charge on any atom is -0.504 e. The van der Waals surface area contributed by atoms with Crippen molar-refractivity contribution in [1.29, 1.82) is 0 Å². The van der Waals surface area contributed by atoms with Gasteiger partial charge in [0.2, 0.25) is 0 Å². The molecule has 0 aliphatic rings. The minimum absolute atomic E-state index is 0.167. The van der Waals surface area contributed by atoms with Gasteiger partial charge in [-0.05, 0) is 12.1 Å². The summed E-state index contributed by atoms with van der Waals surface area (Å²) < 4.78 is 49.2. The van der Waals surface area contributed by atoms with Gasteiger partial charge in [0.25, 0.3) is 0 Å². The van der Waals surface area contributed by atoms with Crippen molar-refractivity contribution in [1.82, 2.24) is 0 Å². The maximum absolute atomic E-state index is 12.7. The van der Waals surface area contributed by atoms with E-state index in [9.17, 15) is 22.4 Å². The molecule has 3 nitrogen and oxygen atoms in total. The number of benzene rings is 1. The fourth-order valence-corrected chi connectivity index (χ4v) is 0.939. The van der Waals surface area contributed by atoms with E-state index in [0.29, 0.717) is 6.07 Å². The van der Waals surface area contributed by atoms with Crippen molar-refractivity contribution >= 4 is 5.97 Å². The summed E-state index contributed by atoms with van der Waals surface area (Å²) in [6, 6.07) is 0.480. The first kappa shape index (κ1) is 11.3. The summed E-state index contributed by atoms with van der Waals surface area (Å²) in [5, 5.41) is 17.1. The van der Waals surface area contributed by atoms with Crippen LogP contribution in [0, 0.1) is 5.82 Å². The molecule has 15 heavy (non-hydrogen) atoms. The first-order chi connectivity index (χ1) is 6.73. The number of carboxylic acids is 1. The Morgan fingerprint density at radius 2 is 1.80 bits per heavy atom. The molecule has 0 aromatic heterocycles. The van der Waals surface area contributed by atoms with Crippen molar-refractivity contribution in [3.05, 3.63) is 29.1 Å². The summed E-state index contributed by atoms with van der Waals surface area (Å²) in [5.41, 5.74) is -2.59. The average molecular weight is 224 g/mol. The Morgan fingerprint density at radius 1 is 1.27 bits per heavy atom. The molecule has 82 valence electrons. The van der Waals surface area contributed by atoms with Gasteiger partial charge >= 0.3 is 12.1 Å². The predicted molar refractivity (Wildman–Crippen MR) is 40.0 cm³/mol. The Kier molecular flexibility index (Phi) is 2.57. The van der Waals surface area contributed by atoms with Gasteiger partial charge in [-0.1, -0.05) is 0 Å². The van der Waals surface area contributed by atoms with Crippen LogP contribution in [0.5, 0.6) is 5.75 Å². The molecule has 7 heteroatoms. The molecule has 0 heterocycles. The summed E-state index contributed by atoms with van der Waals surface area (Å²) >= 11 is 0. The number of carbonyl (C=O) groups is 1. The first-order valence-corrected chi connectivity index (χ1v) is 3.56. The van der Waals surface area contributed by atoms with E-state index in [1.165, 1.54) is 0 Å². The Morgan fingerprint density at radius 3 is 2.20 bits per heavy atom. The number of halogens is 4. The van der Waals surface area contributed by atoms with Crippen LogP contribution in [0.1, 0.15) is 15.9 Å². The lowest BCUT2D eigenvalue weighted by Gasteiger charge is -2.10. The molecular weight excluding hydrogens is 220 g/mol. The predicted octanol–water partition coefficient (Wildman–Crippen LogP) is 2.25. The number of rotatable bonds is 1. The van der Waals surface area contributed by atoms with Crippen LogP contribution in [0.2, 0.25) is 0 Å². The molecule has 1 aromatic rings. The molecule has 0 saturated carbocycles. The summed E-state index contributed by atoms with van der Waals surface area (Å²) in [5.74, 6) is -4.94. The summed E-state index contributed by atoms with van der Waals surface area (Å²) in [7, 11) is 0. The summed E-state index contributed by atoms with van der Waals surface area (Å²) in [6.07, 6.45) is -5.00. The highest BCUT2D eigenvalue weighted by atomic mass is 19.4. The third kappa shape index (κ3) is 2.17. The molecule has 0 fully saturated rings. The van der Waals surface area contributed by atoms with E-state index in [4.69, 9.17) is 10.2 Å². The van der Waals surface area contributed by atoms with Gasteiger partial charge < -0.3 is 10.2 Å². The van der Waals surface area contributed by atoms with Crippen LogP contribution in [0.25, 0.3) is 0 Å². The average Bonchev–Trinajstić information content (AvgIpc) is 2.06. The number of carboxylic acid groups (broad SMARTS) is 1. The van der Waals surface area contributed by atoms with Gasteiger partial charge in [0.1, 0.15) is 5.56 Å². The number of phenols is 1. The molecule has 0 radical (unpaired) electrons. The lowest BCUT2D eigenvalue weighted by molar-refractivity contribution is -0.139. The second-order valence-corrected chi connectivity index (χ2v) is 2.66. The van der Waals surface area contributed by atoms with Crippen molar-refractivity contribution in [3.63, 3.8) is 0 Å². The van der Waals surface area contributed by atoms with Crippen molar-refractivity contribution in [2.45, 2.75) is 6.18 Å². The SMILES string of the molecule is O=C(O)c1cc(F)c(O)c(C(F)(F)F)c1. The smallest absolute Gasteiger partial charge is 0.420 e. The molecule has 0 spiro atoms. The van der Waals surface area contributed by atoms with Gasteiger partial charge in [-0.2, -0.15) is 13.2 Å². The van der Waals surface area contributed by atoms with E-state index in [1.54, 1.807) is 0 Å². The largest absolute Gasteiger partial charge is 0.504 e. The van der Waals surface area contributed by atoms with Crippen LogP contribution in [0.4, 0.5) is 17.6 Å². The highest BCUT2D eigenvalue weighted by Gasteiger charge is 2.36. The van der Waals surface area contributed by atoms with Gasteiger partial charge in [0, 0.05) is 0 Å². The van der Waals surface area contributed by atoms with Crippen LogP contribution in [0.15, 0.2) is 12.1 Å². The highest BCUT2D eigenvalue weighted by Crippen LogP contribution is 2.37. The maximum atomic E-state index is 12.7. The molecular formula is C8H4F4O3. The standard InChI is InChI=1S/C8H4F4O3/c9-5-2-3(7(14)15)1-4(6(5)13)8(10,11)12/h1-2,13H,(H,14,15). The Labute approximate surface area is 80.6 Å². The van der Waals surface area contributed by atoms with E-state index < -0.39 is 34.8 Å². The first-order valence-electron chi connectivity index (χ1n) is 3.56. The molecule has 0 amide bonds. The molecule has 1 rings (SSSR count). The maximum Gasteiger partial charge on any atom is 0.420 e. The Balaban J connectivity index is 3.45. The number of alkyl halides is 3. The van der Waals surface area contributed by atoms with Gasteiger partial charge in [0.15, 0.2) is 11.6 Å². The molecule has 0 aliphatic heterocycles. The molecule has 0 saturated heterocycles. The van der Waals surface area contributed by atoms with Crippen LogP contribution < -0.4 is 0 Å². The van der Waals surface area contributed by atoms with Crippen LogP contribution in [-0.2, 0) is 6.18 Å². The van der Waals surface area contributed by atoms with E-state index >= 15 is 0 Å². The molecule has 0 unspecified atom stereocenters. The van der Waals surface area contributed by atoms with Crippen LogP contribution in [0.3, 0.4) is 0 Å². The van der Waals surface area contributed by atoms with Crippen molar-refractivity contribution < 1.29 is 32.6 Å². The molecule has 0 atom stereocenters.